The third-order valence-electron chi connectivity index (χ3n) is 4.55. The molecule has 32 heavy (non-hydrogen) atoms. The number of carbonyl (C=O) groups excluding carboxylic acids is 2. The van der Waals surface area contributed by atoms with Gasteiger partial charge in [0.05, 0.1) is 11.4 Å². The molecule has 3 aromatic rings. The Labute approximate surface area is 190 Å². The second kappa shape index (κ2) is 10.2. The number of amides is 2. The Hall–Kier alpha value is -3.46. The van der Waals surface area contributed by atoms with E-state index in [0.717, 1.165) is 34.1 Å². The number of thioether (sulfide) groups is 1. The van der Waals surface area contributed by atoms with Gasteiger partial charge in [-0.3, -0.25) is 19.4 Å². The second-order valence-corrected chi connectivity index (χ2v) is 8.44. The summed E-state index contributed by atoms with van der Waals surface area (Å²) >= 11 is 1.08. The lowest BCUT2D eigenvalue weighted by Gasteiger charge is -2.11. The van der Waals surface area contributed by atoms with Gasteiger partial charge in [0, 0.05) is 17.7 Å². The van der Waals surface area contributed by atoms with E-state index >= 15 is 0 Å². The maximum Gasteiger partial charge on any atom is 0.278 e. The van der Waals surface area contributed by atoms with Crippen molar-refractivity contribution in [3.63, 3.8) is 0 Å². The highest BCUT2D eigenvalue weighted by atomic mass is 32.2. The molecule has 0 aliphatic heterocycles. The summed E-state index contributed by atoms with van der Waals surface area (Å²) in [5.74, 6) is -0.310. The number of anilines is 2. The number of aromatic nitrogens is 3. The average Bonchev–Trinajstić information content (AvgIpc) is 2.73. The molecule has 2 aromatic carbocycles. The van der Waals surface area contributed by atoms with Crippen molar-refractivity contribution in [3.8, 4) is 11.3 Å². The molecule has 0 saturated carbocycles. The number of aromatic amines is 1. The van der Waals surface area contributed by atoms with Crippen LogP contribution in [0.15, 0.2) is 46.3 Å². The van der Waals surface area contributed by atoms with Crippen molar-refractivity contribution in [1.82, 2.24) is 15.2 Å². The fraction of sp³-hybridized carbons (Fsp3) is 0.261. The molecule has 2 amide bonds. The quantitative estimate of drug-likeness (QED) is 0.470. The molecule has 0 bridgehead atoms. The van der Waals surface area contributed by atoms with E-state index in [1.807, 2.05) is 45.0 Å². The smallest absolute Gasteiger partial charge is 0.278 e. The summed E-state index contributed by atoms with van der Waals surface area (Å²) in [5, 5.41) is 14.0. The Balaban J connectivity index is 1.73. The Morgan fingerprint density at radius 2 is 1.66 bits per heavy atom. The third kappa shape index (κ3) is 6.04. The predicted molar refractivity (Wildman–Crippen MR) is 127 cm³/mol. The number of nitrogens with zero attached hydrogens (tertiary/aromatic N) is 2. The van der Waals surface area contributed by atoms with Crippen LogP contribution in [0.2, 0.25) is 0 Å². The van der Waals surface area contributed by atoms with Crippen LogP contribution in [0.1, 0.15) is 30.0 Å². The number of aryl methyl sites for hydroxylation is 3. The summed E-state index contributed by atoms with van der Waals surface area (Å²) in [5.41, 5.74) is 4.40. The molecule has 0 radical (unpaired) electrons. The predicted octanol–water partition coefficient (Wildman–Crippen LogP) is 3.84. The average molecular weight is 452 g/mol. The summed E-state index contributed by atoms with van der Waals surface area (Å²) in [7, 11) is 0. The van der Waals surface area contributed by atoms with E-state index in [1.165, 1.54) is 0 Å². The third-order valence-corrected chi connectivity index (χ3v) is 5.41. The van der Waals surface area contributed by atoms with Gasteiger partial charge in [-0.05, 0) is 56.2 Å². The van der Waals surface area contributed by atoms with E-state index in [-0.39, 0.29) is 28.4 Å². The van der Waals surface area contributed by atoms with Gasteiger partial charge in [0.25, 0.3) is 5.56 Å². The SMILES string of the molecule is CCC(=O)Nc1ccc(C)cc1-c1nnc(SCC(=O)Nc2cc(C)cc(C)c2)[nH]c1=O. The first kappa shape index (κ1) is 23.2. The Morgan fingerprint density at radius 1 is 0.938 bits per heavy atom. The van der Waals surface area contributed by atoms with Gasteiger partial charge >= 0.3 is 0 Å². The largest absolute Gasteiger partial charge is 0.325 e. The molecule has 0 spiro atoms. The van der Waals surface area contributed by atoms with Gasteiger partial charge in [0.15, 0.2) is 10.9 Å². The Morgan fingerprint density at radius 3 is 2.31 bits per heavy atom. The zero-order chi connectivity index (χ0) is 23.3. The van der Waals surface area contributed by atoms with Crippen molar-refractivity contribution in [3.05, 3.63) is 63.4 Å². The molecular weight excluding hydrogens is 426 g/mol. The number of hydrogen-bond acceptors (Lipinski definition) is 6. The topological polar surface area (TPSA) is 117 Å². The molecule has 8 nitrogen and oxygen atoms in total. The minimum Gasteiger partial charge on any atom is -0.325 e. The summed E-state index contributed by atoms with van der Waals surface area (Å²) in [6, 6.07) is 11.2. The molecule has 9 heteroatoms. The highest BCUT2D eigenvalue weighted by molar-refractivity contribution is 7.99. The standard InChI is InChI=1S/C23H25N5O3S/c1-5-19(29)25-18-7-6-13(2)11-17(18)21-22(31)26-23(28-27-21)32-12-20(30)24-16-9-14(3)8-15(4)10-16/h6-11H,5,12H2,1-4H3,(H,24,30)(H,25,29)(H,26,28,31). The fourth-order valence-electron chi connectivity index (χ4n) is 3.14. The van der Waals surface area contributed by atoms with E-state index in [0.29, 0.717) is 17.7 Å². The number of hydrogen-bond donors (Lipinski definition) is 3. The maximum absolute atomic E-state index is 12.7. The molecule has 0 unspecified atom stereocenters. The Kier molecular flexibility index (Phi) is 7.42. The van der Waals surface area contributed by atoms with Gasteiger partial charge in [0.1, 0.15) is 0 Å². The molecule has 1 heterocycles. The highest BCUT2D eigenvalue weighted by Crippen LogP contribution is 2.26. The normalized spacial score (nSPS) is 10.6. The number of benzene rings is 2. The van der Waals surface area contributed by atoms with Gasteiger partial charge in [-0.1, -0.05) is 36.4 Å². The zero-order valence-electron chi connectivity index (χ0n) is 18.4. The minimum absolute atomic E-state index is 0.0687. The number of rotatable bonds is 7. The summed E-state index contributed by atoms with van der Waals surface area (Å²) in [4.78, 5) is 39.5. The van der Waals surface area contributed by atoms with Gasteiger partial charge in [-0.15, -0.1) is 10.2 Å². The van der Waals surface area contributed by atoms with Crippen LogP contribution < -0.4 is 16.2 Å². The zero-order valence-corrected chi connectivity index (χ0v) is 19.2. The Bertz CT molecular complexity index is 1200. The molecule has 166 valence electrons. The van der Waals surface area contributed by atoms with Crippen LogP contribution in [-0.4, -0.2) is 32.7 Å². The molecule has 0 aliphatic rings. The monoisotopic (exact) mass is 451 g/mol. The first-order valence-corrected chi connectivity index (χ1v) is 11.1. The summed E-state index contributed by atoms with van der Waals surface area (Å²) in [6.45, 7) is 7.56. The van der Waals surface area contributed by atoms with Crippen LogP contribution in [0.4, 0.5) is 11.4 Å². The van der Waals surface area contributed by atoms with Crippen molar-refractivity contribution >= 4 is 35.0 Å². The van der Waals surface area contributed by atoms with E-state index in [1.54, 1.807) is 19.1 Å². The number of nitrogens with one attached hydrogen (secondary N) is 3. The lowest BCUT2D eigenvalue weighted by atomic mass is 10.1. The van der Waals surface area contributed by atoms with E-state index < -0.39 is 5.56 Å². The molecule has 0 aliphatic carbocycles. The van der Waals surface area contributed by atoms with Gasteiger partial charge in [-0.25, -0.2) is 0 Å². The first-order chi connectivity index (χ1) is 15.2. The fourth-order valence-corrected chi connectivity index (χ4v) is 3.75. The van der Waals surface area contributed by atoms with Crippen molar-refractivity contribution < 1.29 is 9.59 Å². The summed E-state index contributed by atoms with van der Waals surface area (Å²) < 4.78 is 0. The van der Waals surface area contributed by atoms with Crippen LogP contribution in [-0.2, 0) is 9.59 Å². The molecule has 3 rings (SSSR count). The molecule has 0 saturated heterocycles. The van der Waals surface area contributed by atoms with Crippen molar-refractivity contribution in [2.24, 2.45) is 0 Å². The van der Waals surface area contributed by atoms with Crippen molar-refractivity contribution in [2.75, 3.05) is 16.4 Å². The van der Waals surface area contributed by atoms with Crippen molar-refractivity contribution in [2.45, 2.75) is 39.3 Å². The van der Waals surface area contributed by atoms with E-state index in [4.69, 9.17) is 0 Å². The van der Waals surface area contributed by atoms with E-state index in [9.17, 15) is 14.4 Å². The van der Waals surface area contributed by atoms with Crippen molar-refractivity contribution in [1.29, 1.82) is 0 Å². The maximum atomic E-state index is 12.7. The number of H-pyrrole nitrogens is 1. The van der Waals surface area contributed by atoms with Gasteiger partial charge in [0.2, 0.25) is 11.8 Å². The van der Waals surface area contributed by atoms with Gasteiger partial charge in [-0.2, -0.15) is 0 Å². The lowest BCUT2D eigenvalue weighted by Crippen LogP contribution is -2.18. The molecular formula is C23H25N5O3S. The van der Waals surface area contributed by atoms with Crippen LogP contribution in [0.5, 0.6) is 0 Å². The van der Waals surface area contributed by atoms with E-state index in [2.05, 4.69) is 25.8 Å². The summed E-state index contributed by atoms with van der Waals surface area (Å²) in [6.07, 6.45) is 0.315. The highest BCUT2D eigenvalue weighted by Gasteiger charge is 2.15. The van der Waals surface area contributed by atoms with Gasteiger partial charge < -0.3 is 10.6 Å². The molecule has 3 N–H and O–H groups in total. The molecule has 0 fully saturated rings. The first-order valence-electron chi connectivity index (χ1n) is 10.1. The van der Waals surface area contributed by atoms with Crippen LogP contribution >= 0.6 is 11.8 Å². The van der Waals surface area contributed by atoms with Crippen LogP contribution in [0, 0.1) is 20.8 Å². The molecule has 1 aromatic heterocycles. The van der Waals surface area contributed by atoms with Crippen LogP contribution in [0.3, 0.4) is 0 Å². The minimum atomic E-state index is -0.449. The molecule has 0 atom stereocenters. The van der Waals surface area contributed by atoms with Crippen LogP contribution in [0.25, 0.3) is 11.3 Å². The second-order valence-electron chi connectivity index (χ2n) is 7.47. The number of carbonyl (C=O) groups is 2. The lowest BCUT2D eigenvalue weighted by molar-refractivity contribution is -0.116.